The fourth-order valence-corrected chi connectivity index (χ4v) is 3.14. The molecule has 1 aromatic heterocycles. The van der Waals surface area contributed by atoms with E-state index in [9.17, 15) is 0 Å². The number of benzene rings is 1. The van der Waals surface area contributed by atoms with Crippen LogP contribution in [0.1, 0.15) is 37.5 Å². The molecular formula is C19H28N4O2. The number of aryl methyl sites for hydroxylation is 1. The Hall–Kier alpha value is -1.76. The number of rotatable bonds is 8. The molecule has 2 aromatic rings. The van der Waals surface area contributed by atoms with Gasteiger partial charge in [-0.2, -0.15) is 5.10 Å². The van der Waals surface area contributed by atoms with Gasteiger partial charge in [-0.25, -0.2) is 9.67 Å². The Morgan fingerprint density at radius 2 is 2.04 bits per heavy atom. The van der Waals surface area contributed by atoms with Gasteiger partial charge in [0.25, 0.3) is 0 Å². The van der Waals surface area contributed by atoms with Crippen LogP contribution in [-0.2, 0) is 35.7 Å². The fraction of sp³-hybridized carbons (Fsp3) is 0.579. The average molecular weight is 344 g/mol. The Bertz CT molecular complexity index is 659. The molecule has 1 aromatic carbocycles. The summed E-state index contributed by atoms with van der Waals surface area (Å²) >= 11 is 0. The molecule has 1 N–H and O–H groups in total. The van der Waals surface area contributed by atoms with Crippen molar-refractivity contribution in [3.05, 3.63) is 47.5 Å². The lowest BCUT2D eigenvalue weighted by Crippen LogP contribution is -2.47. The van der Waals surface area contributed by atoms with E-state index >= 15 is 0 Å². The molecule has 3 rings (SSSR count). The number of nitrogens with one attached hydrogen (secondary N) is 1. The van der Waals surface area contributed by atoms with E-state index < -0.39 is 0 Å². The topological polar surface area (TPSA) is 61.2 Å². The number of hydrogen-bond acceptors (Lipinski definition) is 5. The first-order valence-corrected chi connectivity index (χ1v) is 8.99. The van der Waals surface area contributed by atoms with Crippen LogP contribution in [0.15, 0.2) is 30.3 Å². The van der Waals surface area contributed by atoms with Crippen molar-refractivity contribution in [3.63, 3.8) is 0 Å². The number of hydrogen-bond donors (Lipinski definition) is 1. The Morgan fingerprint density at radius 3 is 2.80 bits per heavy atom. The third kappa shape index (κ3) is 4.87. The van der Waals surface area contributed by atoms with Gasteiger partial charge in [-0.15, -0.1) is 0 Å². The van der Waals surface area contributed by atoms with Gasteiger partial charge in [0.05, 0.1) is 19.3 Å². The van der Waals surface area contributed by atoms with Gasteiger partial charge in [-0.05, 0) is 25.8 Å². The summed E-state index contributed by atoms with van der Waals surface area (Å²) in [4.78, 5) is 4.53. The van der Waals surface area contributed by atoms with E-state index in [4.69, 9.17) is 9.47 Å². The summed E-state index contributed by atoms with van der Waals surface area (Å²) in [6.45, 7) is 6.27. The molecule has 25 heavy (non-hydrogen) atoms. The molecule has 3 atom stereocenters. The van der Waals surface area contributed by atoms with Crippen molar-refractivity contribution in [2.24, 2.45) is 0 Å². The van der Waals surface area contributed by atoms with Gasteiger partial charge in [-0.1, -0.05) is 30.3 Å². The van der Waals surface area contributed by atoms with Crippen LogP contribution >= 0.6 is 0 Å². The van der Waals surface area contributed by atoms with E-state index in [1.807, 2.05) is 22.9 Å². The summed E-state index contributed by atoms with van der Waals surface area (Å²) in [5, 5.41) is 8.22. The van der Waals surface area contributed by atoms with E-state index in [2.05, 4.69) is 41.4 Å². The molecule has 0 radical (unpaired) electrons. The van der Waals surface area contributed by atoms with Gasteiger partial charge < -0.3 is 14.8 Å². The summed E-state index contributed by atoms with van der Waals surface area (Å²) in [5.41, 5.74) is 1.21. The molecule has 6 heteroatoms. The highest BCUT2D eigenvalue weighted by atomic mass is 16.5. The molecule has 1 aliphatic heterocycles. The number of methoxy groups -OCH3 is 1. The normalized spacial score (nSPS) is 19.4. The number of aromatic nitrogens is 3. The molecule has 0 aliphatic carbocycles. The lowest BCUT2D eigenvalue weighted by atomic mass is 10.1. The first-order valence-electron chi connectivity index (χ1n) is 8.99. The molecule has 0 saturated heterocycles. The van der Waals surface area contributed by atoms with Crippen LogP contribution in [0.4, 0.5) is 0 Å². The van der Waals surface area contributed by atoms with Crippen molar-refractivity contribution < 1.29 is 9.47 Å². The molecule has 3 unspecified atom stereocenters. The Morgan fingerprint density at radius 1 is 1.24 bits per heavy atom. The van der Waals surface area contributed by atoms with Crippen LogP contribution in [0.2, 0.25) is 0 Å². The van der Waals surface area contributed by atoms with Crippen molar-refractivity contribution in [2.45, 2.75) is 64.6 Å². The molecule has 0 amide bonds. The van der Waals surface area contributed by atoms with Crippen molar-refractivity contribution in [3.8, 4) is 0 Å². The Labute approximate surface area is 149 Å². The zero-order chi connectivity index (χ0) is 17.6. The smallest absolute Gasteiger partial charge is 0.176 e. The van der Waals surface area contributed by atoms with Crippen LogP contribution in [0, 0.1) is 0 Å². The zero-order valence-corrected chi connectivity index (χ0v) is 15.3. The quantitative estimate of drug-likeness (QED) is 0.796. The molecule has 0 fully saturated rings. The van der Waals surface area contributed by atoms with Gasteiger partial charge in [0.2, 0.25) is 0 Å². The minimum Gasteiger partial charge on any atom is -0.377 e. The maximum Gasteiger partial charge on any atom is 0.176 e. The maximum atomic E-state index is 6.02. The van der Waals surface area contributed by atoms with E-state index in [-0.39, 0.29) is 12.1 Å². The third-order valence-corrected chi connectivity index (χ3v) is 4.73. The number of ether oxygens (including phenoxy) is 2. The van der Waals surface area contributed by atoms with E-state index in [1.54, 1.807) is 7.11 Å². The van der Waals surface area contributed by atoms with Gasteiger partial charge in [0.1, 0.15) is 12.4 Å². The largest absolute Gasteiger partial charge is 0.377 e. The summed E-state index contributed by atoms with van der Waals surface area (Å²) in [6, 6.07) is 11.0. The standard InChI is InChI=1S/C19H28N4O2/c1-14(15(2)25-12-16-7-5-4-6-8-16)20-17-9-10-19-21-18(13-24-3)22-23(19)11-17/h4-8,14-15,17,20H,9-13H2,1-3H3. The molecule has 136 valence electrons. The van der Waals surface area contributed by atoms with Crippen LogP contribution in [0.25, 0.3) is 0 Å². The highest BCUT2D eigenvalue weighted by molar-refractivity contribution is 5.13. The summed E-state index contributed by atoms with van der Waals surface area (Å²) in [5.74, 6) is 1.83. The van der Waals surface area contributed by atoms with Crippen LogP contribution in [-0.4, -0.2) is 40.1 Å². The van der Waals surface area contributed by atoms with Crippen molar-refractivity contribution in [1.82, 2.24) is 20.1 Å². The molecule has 0 saturated carbocycles. The number of nitrogens with zero attached hydrogens (tertiary/aromatic N) is 3. The summed E-state index contributed by atoms with van der Waals surface area (Å²) in [7, 11) is 1.67. The predicted molar refractivity (Wildman–Crippen MR) is 96.1 cm³/mol. The van der Waals surface area contributed by atoms with Crippen molar-refractivity contribution in [1.29, 1.82) is 0 Å². The molecule has 0 bridgehead atoms. The second kappa shape index (κ2) is 8.56. The van der Waals surface area contributed by atoms with E-state index in [1.165, 1.54) is 5.56 Å². The second-order valence-corrected chi connectivity index (χ2v) is 6.75. The lowest BCUT2D eigenvalue weighted by molar-refractivity contribution is 0.0270. The van der Waals surface area contributed by atoms with Gasteiger partial charge in [-0.3, -0.25) is 0 Å². The minimum absolute atomic E-state index is 0.140. The summed E-state index contributed by atoms with van der Waals surface area (Å²) in [6.07, 6.45) is 2.16. The van der Waals surface area contributed by atoms with E-state index in [0.29, 0.717) is 19.3 Å². The molecule has 1 aliphatic rings. The van der Waals surface area contributed by atoms with E-state index in [0.717, 1.165) is 31.0 Å². The van der Waals surface area contributed by atoms with Gasteiger partial charge in [0.15, 0.2) is 5.82 Å². The first-order chi connectivity index (χ1) is 12.2. The van der Waals surface area contributed by atoms with Crippen molar-refractivity contribution >= 4 is 0 Å². The predicted octanol–water partition coefficient (Wildman–Crippen LogP) is 2.32. The SMILES string of the molecule is COCc1nc2n(n1)CC(NC(C)C(C)OCc1ccccc1)CC2. The number of fused-ring (bicyclic) bond motifs is 1. The highest BCUT2D eigenvalue weighted by Gasteiger charge is 2.24. The monoisotopic (exact) mass is 344 g/mol. The average Bonchev–Trinajstić information content (AvgIpc) is 3.02. The fourth-order valence-electron chi connectivity index (χ4n) is 3.14. The molecule has 2 heterocycles. The first kappa shape index (κ1) is 18.0. The zero-order valence-electron chi connectivity index (χ0n) is 15.3. The van der Waals surface area contributed by atoms with Crippen LogP contribution < -0.4 is 5.32 Å². The Kier molecular flexibility index (Phi) is 6.18. The highest BCUT2D eigenvalue weighted by Crippen LogP contribution is 2.15. The second-order valence-electron chi connectivity index (χ2n) is 6.75. The molecule has 0 spiro atoms. The Balaban J connectivity index is 1.48. The lowest BCUT2D eigenvalue weighted by Gasteiger charge is -2.30. The molecule has 6 nitrogen and oxygen atoms in total. The van der Waals surface area contributed by atoms with Gasteiger partial charge >= 0.3 is 0 Å². The maximum absolute atomic E-state index is 6.02. The third-order valence-electron chi connectivity index (χ3n) is 4.73. The van der Waals surface area contributed by atoms with Crippen molar-refractivity contribution in [2.75, 3.05) is 7.11 Å². The van der Waals surface area contributed by atoms with Gasteiger partial charge in [0, 0.05) is 25.6 Å². The molecular weight excluding hydrogens is 316 g/mol. The summed E-state index contributed by atoms with van der Waals surface area (Å²) < 4.78 is 13.2. The minimum atomic E-state index is 0.140. The van der Waals surface area contributed by atoms with Crippen LogP contribution in [0.5, 0.6) is 0 Å². The van der Waals surface area contributed by atoms with Crippen LogP contribution in [0.3, 0.4) is 0 Å².